The van der Waals surface area contributed by atoms with E-state index < -0.39 is 96.7 Å². The number of anilines is 2. The average Bonchev–Trinajstić information content (AvgIpc) is 0.846. The third-order valence-electron chi connectivity index (χ3n) is 18.7. The molecule has 17 N–H and O–H groups in total. The standard InChI is InChI=1S/C83H121IN16O27S/c84-60-18-16-58(17-19-60)51-73(102)87-23-4-2-13-67(77(108)109)95-75(105)65(12-1-6-25-89-83(128)93-63-53-64(91-70(54-63)80(114)115)57-100-29-35-122-41-39-120-33-27-99(28-34-121-40-42-123-36-30-100)56-62-11-8-15-66(90-62)76(106)107)94-72(101)22-31-118-37-43-124-45-47-126-49-50-127-48-46-125-44-38-119-32-26-86-55-71(98-85)59-9-7-10-61(52-59)92-81(116)88-24-5-3-14-68(78(110)111)96-82(117)97-69(79(112)113)20-21-74(103)104/h7-11,15-19,52-55,65,67-69,85-86H,1-6,12-14,20-51,56-57H2,(H,87,102)(H,94,101)(H,95,105)(H,103,104)(H,106,107)(H,108,109)(H,110,111)(H,112,113)(H,114,115)(H2,88,92,116)(H2,96,97,117)(H2,89,91,93,128)/b71-55-,98-85?/t65-,67-,68-,69?/m0/s1. The van der Waals surface area contributed by atoms with Crippen molar-refractivity contribution < 1.29 is 131 Å². The lowest BCUT2D eigenvalue weighted by molar-refractivity contribution is -0.142. The Balaban J connectivity index is 0.946. The monoisotopic (exact) mass is 1930 g/mol. The fourth-order valence-corrected chi connectivity index (χ4v) is 12.6. The number of hydrogen-bond acceptors (Lipinski definition) is 29. The van der Waals surface area contributed by atoms with E-state index in [0.29, 0.717) is 212 Å². The zero-order valence-corrected chi connectivity index (χ0v) is 74.6. The summed E-state index contributed by atoms with van der Waals surface area (Å²) in [7, 11) is 0. The van der Waals surface area contributed by atoms with Gasteiger partial charge in [-0.25, -0.2) is 49.1 Å². The molecule has 1 fully saturated rings. The Bertz CT molecular complexity index is 4070. The molecular weight excluding hydrogens is 1810 g/mol. The number of pyridine rings is 2. The summed E-state index contributed by atoms with van der Waals surface area (Å²) in [6.45, 7) is 9.54. The van der Waals surface area contributed by atoms with Gasteiger partial charge in [0, 0.05) is 105 Å². The van der Waals surface area contributed by atoms with Gasteiger partial charge in [-0.1, -0.05) is 30.3 Å². The quantitative estimate of drug-likeness (QED) is 0.0126. The third kappa shape index (κ3) is 50.4. The predicted molar refractivity (Wildman–Crippen MR) is 475 cm³/mol. The second kappa shape index (κ2) is 66.0. The van der Waals surface area contributed by atoms with Crippen LogP contribution in [-0.4, -0.2) is 330 Å². The molecule has 0 bridgehead atoms. The molecule has 0 spiro atoms. The predicted octanol–water partition coefficient (Wildman–Crippen LogP) is 4.37. The number of urea groups is 2. The molecule has 1 aliphatic rings. The summed E-state index contributed by atoms with van der Waals surface area (Å²) < 4.78 is 58.2. The molecule has 1 aliphatic heterocycles. The van der Waals surface area contributed by atoms with Crippen molar-refractivity contribution in [2.24, 2.45) is 5.11 Å². The van der Waals surface area contributed by atoms with Gasteiger partial charge in [-0.15, -0.1) is 0 Å². The molecule has 128 heavy (non-hydrogen) atoms. The van der Waals surface area contributed by atoms with Gasteiger partial charge >= 0.3 is 47.9 Å². The van der Waals surface area contributed by atoms with Crippen LogP contribution in [0.2, 0.25) is 0 Å². The number of aliphatic carboxylic acids is 4. The van der Waals surface area contributed by atoms with Crippen LogP contribution < -0.4 is 53.2 Å². The third-order valence-corrected chi connectivity index (χ3v) is 19.6. The zero-order chi connectivity index (χ0) is 92.7. The van der Waals surface area contributed by atoms with Gasteiger partial charge in [0.15, 0.2) is 10.8 Å². The highest BCUT2D eigenvalue weighted by Crippen LogP contribution is 2.21. The lowest BCUT2D eigenvalue weighted by Gasteiger charge is -2.23. The van der Waals surface area contributed by atoms with Crippen molar-refractivity contribution in [1.82, 2.24) is 62.3 Å². The molecular formula is C83H121IN16O27S. The Morgan fingerprint density at radius 1 is 0.469 bits per heavy atom. The van der Waals surface area contributed by atoms with Crippen LogP contribution in [0.1, 0.15) is 121 Å². The van der Waals surface area contributed by atoms with Gasteiger partial charge in [0.2, 0.25) is 17.7 Å². The van der Waals surface area contributed by atoms with E-state index in [-0.39, 0.29) is 113 Å². The second-order valence-corrected chi connectivity index (χ2v) is 30.4. The molecule has 0 radical (unpaired) electrons. The maximum atomic E-state index is 13.9. The molecule has 0 aliphatic carbocycles. The summed E-state index contributed by atoms with van der Waals surface area (Å²) in [5.41, 5.74) is 10.9. The molecule has 3 heterocycles. The van der Waals surface area contributed by atoms with Gasteiger partial charge in [0.05, 0.1) is 150 Å². The van der Waals surface area contributed by atoms with E-state index in [2.05, 4.69) is 95.7 Å². The van der Waals surface area contributed by atoms with Crippen molar-refractivity contribution in [2.75, 3.05) is 195 Å². The summed E-state index contributed by atoms with van der Waals surface area (Å²) in [4.78, 5) is 148. The summed E-state index contributed by atoms with van der Waals surface area (Å²) in [5, 5.41) is 88.0. The molecule has 5 rings (SSSR count). The van der Waals surface area contributed by atoms with Crippen molar-refractivity contribution in [3.05, 3.63) is 123 Å². The Labute approximate surface area is 760 Å². The molecule has 43 nitrogen and oxygen atoms in total. The number of halogens is 1. The number of thiocarbonyl (C=S) groups is 1. The van der Waals surface area contributed by atoms with Gasteiger partial charge in [-0.3, -0.25) is 29.0 Å². The first kappa shape index (κ1) is 108. The van der Waals surface area contributed by atoms with Crippen LogP contribution in [0.25, 0.3) is 5.70 Å². The Hall–Kier alpha value is -10.4. The van der Waals surface area contributed by atoms with Crippen LogP contribution in [0.15, 0.2) is 90.2 Å². The van der Waals surface area contributed by atoms with E-state index in [1.165, 1.54) is 18.3 Å². The summed E-state index contributed by atoms with van der Waals surface area (Å²) in [6, 6.07) is 15.1. The number of nitrogens with one attached hydrogen (secondary N) is 11. The van der Waals surface area contributed by atoms with Crippen LogP contribution in [0.4, 0.5) is 21.0 Å². The van der Waals surface area contributed by atoms with Crippen molar-refractivity contribution in [1.29, 1.82) is 5.53 Å². The first-order chi connectivity index (χ1) is 61.8. The molecule has 1 saturated heterocycles. The minimum absolute atomic E-state index is 0.00957. The molecule has 0 saturated carbocycles. The number of carboxylic acid groups (broad SMARTS) is 6. The lowest BCUT2D eigenvalue weighted by atomic mass is 10.1. The highest BCUT2D eigenvalue weighted by atomic mass is 127. The maximum Gasteiger partial charge on any atom is 0.354 e. The molecule has 45 heteroatoms. The number of unbranched alkanes of at least 4 members (excludes halogenated alkanes) is 3. The summed E-state index contributed by atoms with van der Waals surface area (Å²) >= 11 is 7.81. The van der Waals surface area contributed by atoms with Crippen LogP contribution in [0, 0.1) is 9.10 Å². The Kier molecular flexibility index (Phi) is 55.8. The minimum atomic E-state index is -1.54. The molecule has 4 atom stereocenters. The number of carboxylic acids is 6. The molecule has 2 aromatic carbocycles. The number of benzene rings is 2. The topological polar surface area (TPSA) is 590 Å². The van der Waals surface area contributed by atoms with Crippen LogP contribution in [0.5, 0.6) is 0 Å². The van der Waals surface area contributed by atoms with E-state index in [1.54, 1.807) is 42.5 Å². The number of carbonyl (C=O) groups excluding carboxylic acids is 5. The van der Waals surface area contributed by atoms with Gasteiger partial charge in [0.25, 0.3) is 0 Å². The number of amides is 7. The zero-order valence-electron chi connectivity index (χ0n) is 71.6. The number of carbonyl (C=O) groups is 11. The summed E-state index contributed by atoms with van der Waals surface area (Å²) in [5.74, 6) is -9.12. The van der Waals surface area contributed by atoms with Gasteiger partial charge in [0.1, 0.15) is 35.6 Å². The number of ether oxygens (including phenoxy) is 10. The van der Waals surface area contributed by atoms with E-state index in [9.17, 15) is 78.3 Å². The number of rotatable bonds is 60. The van der Waals surface area contributed by atoms with Crippen molar-refractivity contribution >= 4 is 123 Å². The smallest absolute Gasteiger partial charge is 0.354 e. The van der Waals surface area contributed by atoms with E-state index in [0.717, 1.165) is 9.13 Å². The van der Waals surface area contributed by atoms with E-state index in [4.69, 9.17) is 70.2 Å². The fourth-order valence-electron chi connectivity index (χ4n) is 12.0. The number of nitrogens with zero attached hydrogens (tertiary/aromatic N) is 5. The SMILES string of the molecule is N=N/C(=C\NCCOCCOCCOCCOCCOCCOCCC(=O)N[C@@H](CCCCNC(=S)Nc1cc(CN2CCOCCOCCN(Cc3cccc(C(=O)O)n3)CCOCCOCC2)nc(C(=O)O)c1)C(=O)N[C@@H](CCCCNC(=O)Cc1ccc(I)cc1)C(=O)O)c1cccc(NC(=O)NCCCC[C@H](NC(=O)NC(CCC(=O)O)C(=O)O)C(=O)O)c1. The molecule has 708 valence electrons. The lowest BCUT2D eigenvalue weighted by Crippen LogP contribution is -2.51. The normalized spacial score (nSPS) is 14.3. The van der Waals surface area contributed by atoms with Crippen molar-refractivity contribution in [3.63, 3.8) is 0 Å². The molecule has 7 amide bonds. The van der Waals surface area contributed by atoms with E-state index in [1.807, 2.05) is 29.2 Å². The van der Waals surface area contributed by atoms with Gasteiger partial charge < -0.3 is 131 Å². The summed E-state index contributed by atoms with van der Waals surface area (Å²) in [6.07, 6.45) is 2.99. The largest absolute Gasteiger partial charge is 0.481 e. The minimum Gasteiger partial charge on any atom is -0.481 e. The van der Waals surface area contributed by atoms with Crippen molar-refractivity contribution in [3.8, 4) is 0 Å². The van der Waals surface area contributed by atoms with Crippen molar-refractivity contribution in [2.45, 2.75) is 121 Å². The van der Waals surface area contributed by atoms with Gasteiger partial charge in [-0.2, -0.15) is 5.11 Å². The average molecular weight is 1930 g/mol. The van der Waals surface area contributed by atoms with Gasteiger partial charge in [-0.05, 0) is 153 Å². The van der Waals surface area contributed by atoms with Crippen LogP contribution >= 0.6 is 34.8 Å². The number of aromatic nitrogens is 2. The number of hydrogen-bond donors (Lipinski definition) is 17. The van der Waals surface area contributed by atoms with E-state index >= 15 is 0 Å². The Morgan fingerprint density at radius 3 is 1.48 bits per heavy atom. The first-order valence-corrected chi connectivity index (χ1v) is 43.6. The molecule has 4 aromatic rings. The Morgan fingerprint density at radius 2 is 0.953 bits per heavy atom. The highest BCUT2D eigenvalue weighted by molar-refractivity contribution is 14.1. The second-order valence-electron chi connectivity index (χ2n) is 28.7. The highest BCUT2D eigenvalue weighted by Gasteiger charge is 2.28. The maximum absolute atomic E-state index is 13.9. The molecule has 2 aromatic heterocycles. The van der Waals surface area contributed by atoms with Crippen LogP contribution in [0.3, 0.4) is 0 Å². The number of aromatic carboxylic acids is 2. The molecule has 1 unspecified atom stereocenters. The van der Waals surface area contributed by atoms with Crippen LogP contribution in [-0.2, 0) is 100 Å². The fraction of sp³-hybridized carbons (Fsp3) is 0.566. The first-order valence-electron chi connectivity index (χ1n) is 42.1.